The number of ether oxygens (including phenoxy) is 3. The van der Waals surface area contributed by atoms with Crippen molar-refractivity contribution in [2.75, 3.05) is 26.4 Å². The Kier molecular flexibility index (Phi) is 3.89. The van der Waals surface area contributed by atoms with Gasteiger partial charge in [0.05, 0.1) is 31.5 Å². The molecule has 2 heterocycles. The van der Waals surface area contributed by atoms with Gasteiger partial charge in [0.1, 0.15) is 0 Å². The first kappa shape index (κ1) is 12.9. The van der Waals surface area contributed by atoms with E-state index in [1.54, 1.807) is 0 Å². The van der Waals surface area contributed by atoms with Crippen molar-refractivity contribution in [3.63, 3.8) is 0 Å². The fourth-order valence-electron chi connectivity index (χ4n) is 3.79. The molecule has 0 aromatic heterocycles. The van der Waals surface area contributed by atoms with Crippen LogP contribution in [0.3, 0.4) is 0 Å². The molecule has 2 aliphatic heterocycles. The summed E-state index contributed by atoms with van der Waals surface area (Å²) in [6, 6.07) is 0.103. The predicted octanol–water partition coefficient (Wildman–Crippen LogP) is 1.47. The minimum atomic E-state index is 0.0836. The Labute approximate surface area is 109 Å². The van der Waals surface area contributed by atoms with Crippen molar-refractivity contribution in [3.8, 4) is 0 Å². The summed E-state index contributed by atoms with van der Waals surface area (Å²) in [5.41, 5.74) is 6.56. The second kappa shape index (κ2) is 5.45. The van der Waals surface area contributed by atoms with Gasteiger partial charge in [-0.3, -0.25) is 0 Å². The quantitative estimate of drug-likeness (QED) is 0.812. The smallest absolute Gasteiger partial charge is 0.0962 e. The first-order valence-electron chi connectivity index (χ1n) is 7.38. The molecule has 1 saturated carbocycles. The van der Waals surface area contributed by atoms with Crippen LogP contribution >= 0.6 is 0 Å². The Morgan fingerprint density at radius 1 is 1.11 bits per heavy atom. The minimum absolute atomic E-state index is 0.0836. The maximum atomic E-state index is 6.41. The van der Waals surface area contributed by atoms with E-state index in [0.29, 0.717) is 25.7 Å². The normalized spacial score (nSPS) is 37.8. The topological polar surface area (TPSA) is 53.7 Å². The van der Waals surface area contributed by atoms with Crippen LogP contribution in [-0.2, 0) is 14.2 Å². The van der Waals surface area contributed by atoms with Gasteiger partial charge in [0.25, 0.3) is 0 Å². The summed E-state index contributed by atoms with van der Waals surface area (Å²) < 4.78 is 17.3. The number of hydrogen-bond donors (Lipinski definition) is 1. The zero-order chi connectivity index (χ0) is 12.4. The molecule has 4 heteroatoms. The van der Waals surface area contributed by atoms with Gasteiger partial charge in [-0.15, -0.1) is 0 Å². The summed E-state index contributed by atoms with van der Waals surface area (Å²) in [5.74, 6) is 0.531. The molecule has 104 valence electrons. The fourth-order valence-corrected chi connectivity index (χ4v) is 3.79. The van der Waals surface area contributed by atoms with E-state index in [-0.39, 0.29) is 17.7 Å². The van der Waals surface area contributed by atoms with Crippen molar-refractivity contribution >= 4 is 0 Å². The van der Waals surface area contributed by atoms with Crippen LogP contribution in [0.4, 0.5) is 0 Å². The van der Waals surface area contributed by atoms with Gasteiger partial charge >= 0.3 is 0 Å². The van der Waals surface area contributed by atoms with E-state index < -0.39 is 0 Å². The lowest BCUT2D eigenvalue weighted by Gasteiger charge is -2.42. The van der Waals surface area contributed by atoms with E-state index in [0.717, 1.165) is 19.4 Å². The van der Waals surface area contributed by atoms with Crippen molar-refractivity contribution in [1.82, 2.24) is 0 Å². The molecule has 0 aromatic carbocycles. The standard InChI is InChI=1S/C14H25NO3/c15-13(12-10-16-7-8-17-12)11-3-6-18-14(9-11)4-1-2-5-14/h11-13H,1-10,15H2. The van der Waals surface area contributed by atoms with Crippen LogP contribution in [0, 0.1) is 5.92 Å². The molecule has 0 aromatic rings. The number of hydrogen-bond acceptors (Lipinski definition) is 4. The molecule has 3 atom stereocenters. The van der Waals surface area contributed by atoms with E-state index in [4.69, 9.17) is 19.9 Å². The lowest BCUT2D eigenvalue weighted by Crippen LogP contribution is -2.52. The highest BCUT2D eigenvalue weighted by atomic mass is 16.6. The molecule has 4 nitrogen and oxygen atoms in total. The fraction of sp³-hybridized carbons (Fsp3) is 1.00. The first-order valence-corrected chi connectivity index (χ1v) is 7.38. The summed E-state index contributed by atoms with van der Waals surface area (Å²) in [6.07, 6.45) is 7.34. The molecule has 3 fully saturated rings. The molecule has 3 unspecified atom stereocenters. The Hall–Kier alpha value is -0.160. The highest BCUT2D eigenvalue weighted by molar-refractivity contribution is 4.95. The van der Waals surface area contributed by atoms with E-state index in [1.165, 1.54) is 25.7 Å². The minimum Gasteiger partial charge on any atom is -0.376 e. The molecular weight excluding hydrogens is 230 g/mol. The number of nitrogens with two attached hydrogens (primary N) is 1. The number of rotatable bonds is 2. The Morgan fingerprint density at radius 2 is 1.94 bits per heavy atom. The van der Waals surface area contributed by atoms with E-state index in [2.05, 4.69) is 0 Å². The third-order valence-corrected chi connectivity index (χ3v) is 4.86. The molecule has 3 aliphatic rings. The third kappa shape index (κ3) is 2.57. The molecule has 1 aliphatic carbocycles. The van der Waals surface area contributed by atoms with Crippen LogP contribution in [0.2, 0.25) is 0 Å². The molecule has 0 radical (unpaired) electrons. The summed E-state index contributed by atoms with van der Waals surface area (Å²) in [6.45, 7) is 2.92. The molecule has 2 N–H and O–H groups in total. The van der Waals surface area contributed by atoms with Gasteiger partial charge in [0.2, 0.25) is 0 Å². The van der Waals surface area contributed by atoms with E-state index >= 15 is 0 Å². The van der Waals surface area contributed by atoms with Crippen LogP contribution in [-0.4, -0.2) is 44.2 Å². The van der Waals surface area contributed by atoms with Crippen LogP contribution in [0.1, 0.15) is 38.5 Å². The Morgan fingerprint density at radius 3 is 2.67 bits per heavy atom. The molecule has 0 amide bonds. The van der Waals surface area contributed by atoms with Crippen molar-refractivity contribution in [2.45, 2.75) is 56.3 Å². The maximum absolute atomic E-state index is 6.41. The Balaban J connectivity index is 1.60. The summed E-state index contributed by atoms with van der Waals surface area (Å²) >= 11 is 0. The van der Waals surface area contributed by atoms with Crippen molar-refractivity contribution in [1.29, 1.82) is 0 Å². The molecular formula is C14H25NO3. The van der Waals surface area contributed by atoms with Crippen LogP contribution in [0.25, 0.3) is 0 Å². The van der Waals surface area contributed by atoms with Gasteiger partial charge in [-0.25, -0.2) is 0 Å². The highest BCUT2D eigenvalue weighted by Gasteiger charge is 2.43. The lowest BCUT2D eigenvalue weighted by atomic mass is 9.79. The van der Waals surface area contributed by atoms with Crippen LogP contribution in [0.15, 0.2) is 0 Å². The van der Waals surface area contributed by atoms with Gasteiger partial charge in [-0.05, 0) is 31.6 Å². The van der Waals surface area contributed by atoms with Gasteiger partial charge in [0.15, 0.2) is 0 Å². The molecule has 1 spiro atoms. The van der Waals surface area contributed by atoms with Gasteiger partial charge in [0, 0.05) is 12.6 Å². The second-order valence-corrected chi connectivity index (χ2v) is 6.05. The van der Waals surface area contributed by atoms with Crippen molar-refractivity contribution in [2.24, 2.45) is 11.7 Å². The molecule has 0 bridgehead atoms. The zero-order valence-corrected chi connectivity index (χ0v) is 11.1. The Bertz CT molecular complexity index is 272. The summed E-state index contributed by atoms with van der Waals surface area (Å²) in [4.78, 5) is 0. The van der Waals surface area contributed by atoms with Gasteiger partial charge < -0.3 is 19.9 Å². The largest absolute Gasteiger partial charge is 0.376 e. The molecule has 3 rings (SSSR count). The monoisotopic (exact) mass is 255 g/mol. The first-order chi connectivity index (χ1) is 8.79. The second-order valence-electron chi connectivity index (χ2n) is 6.05. The van der Waals surface area contributed by atoms with Crippen LogP contribution < -0.4 is 5.73 Å². The SMILES string of the molecule is NC(C1CCOC2(CCCC2)C1)C1COCCO1. The third-order valence-electron chi connectivity index (χ3n) is 4.86. The average Bonchev–Trinajstić information content (AvgIpc) is 2.87. The zero-order valence-electron chi connectivity index (χ0n) is 11.1. The van der Waals surface area contributed by atoms with Crippen molar-refractivity contribution < 1.29 is 14.2 Å². The maximum Gasteiger partial charge on any atom is 0.0962 e. The predicted molar refractivity (Wildman–Crippen MR) is 68.4 cm³/mol. The van der Waals surface area contributed by atoms with Crippen LogP contribution in [0.5, 0.6) is 0 Å². The average molecular weight is 255 g/mol. The van der Waals surface area contributed by atoms with Crippen molar-refractivity contribution in [3.05, 3.63) is 0 Å². The van der Waals surface area contributed by atoms with Gasteiger partial charge in [-0.2, -0.15) is 0 Å². The van der Waals surface area contributed by atoms with E-state index in [1.807, 2.05) is 0 Å². The lowest BCUT2D eigenvalue weighted by molar-refractivity contribution is -0.130. The van der Waals surface area contributed by atoms with Gasteiger partial charge in [-0.1, -0.05) is 12.8 Å². The summed E-state index contributed by atoms with van der Waals surface area (Å²) in [5, 5.41) is 0. The summed E-state index contributed by atoms with van der Waals surface area (Å²) in [7, 11) is 0. The molecule has 18 heavy (non-hydrogen) atoms. The highest BCUT2D eigenvalue weighted by Crippen LogP contribution is 2.43. The van der Waals surface area contributed by atoms with E-state index in [9.17, 15) is 0 Å². The molecule has 2 saturated heterocycles.